The quantitative estimate of drug-likeness (QED) is 0.0764. The third kappa shape index (κ3) is 27.1. The van der Waals surface area contributed by atoms with Crippen molar-refractivity contribution < 1.29 is 24.2 Å². The molecule has 0 saturated heterocycles. The fourth-order valence-corrected chi connectivity index (χ4v) is 12.2. The van der Waals surface area contributed by atoms with Crippen LogP contribution in [0.15, 0.2) is 0 Å². The third-order valence-electron chi connectivity index (χ3n) is 7.41. The smallest absolute Gasteiger partial charge is 0.0654 e. The molecule has 2 unspecified atom stereocenters. The zero-order chi connectivity index (χ0) is 22.8. The van der Waals surface area contributed by atoms with Gasteiger partial charge in [0.15, 0.2) is 0 Å². The molecule has 0 rings (SSSR count). The number of hydrogen-bond acceptors (Lipinski definition) is 0. The Hall–Kier alpha value is 0.922. The predicted molar refractivity (Wildman–Crippen MR) is 141 cm³/mol. The summed E-state index contributed by atoms with van der Waals surface area (Å²) in [6, 6.07) is 0. The van der Waals surface area contributed by atoms with E-state index in [0.717, 1.165) is 6.95 Å². The topological polar surface area (TPSA) is 0 Å². The van der Waals surface area contributed by atoms with Crippen LogP contribution in [0, 0.1) is 0 Å². The van der Waals surface area contributed by atoms with Gasteiger partial charge in [0.25, 0.3) is 0 Å². The average Bonchev–Trinajstić information content (AvgIpc) is 2.75. The molecule has 0 fully saturated rings. The van der Waals surface area contributed by atoms with Crippen LogP contribution in [0.4, 0.5) is 0 Å². The van der Waals surface area contributed by atoms with Gasteiger partial charge in [-0.3, -0.25) is 0 Å². The first-order valence-corrected chi connectivity index (χ1v) is 19.9. The second-order valence-electron chi connectivity index (χ2n) is 11.1. The molecule has 1 heteroatoms. The summed E-state index contributed by atoms with van der Waals surface area (Å²) >= 11 is -0.534. The van der Waals surface area contributed by atoms with E-state index >= 15 is 0 Å². The Balaban J connectivity index is 3.29. The molecule has 0 aliphatic carbocycles. The summed E-state index contributed by atoms with van der Waals surface area (Å²) in [6.45, 7) is 9.82. The first kappa shape index (κ1) is 31.9. The Morgan fingerprint density at radius 1 is 0.355 bits per heavy atom. The van der Waals surface area contributed by atoms with Crippen molar-refractivity contribution in [3.8, 4) is 0 Å². The van der Waals surface area contributed by atoms with Crippen LogP contribution in [0.5, 0.6) is 0 Å². The van der Waals surface area contributed by atoms with Crippen LogP contribution in [-0.2, 0) is 24.2 Å². The van der Waals surface area contributed by atoms with E-state index in [9.17, 15) is 0 Å². The molecule has 0 aliphatic heterocycles. The zero-order valence-corrected chi connectivity index (χ0v) is 26.9. The average molecular weight is 535 g/mol. The molecule has 0 aromatic carbocycles. The summed E-state index contributed by atoms with van der Waals surface area (Å²) in [6.07, 6.45) is 35.7. The molecule has 0 aromatic rings. The van der Waals surface area contributed by atoms with Crippen molar-refractivity contribution in [1.82, 2.24) is 0 Å². The Kier molecular flexibility index (Phi) is 28.0. The van der Waals surface area contributed by atoms with E-state index in [1.54, 1.807) is 12.8 Å². The van der Waals surface area contributed by atoms with Gasteiger partial charge in [0.2, 0.25) is 0 Å². The van der Waals surface area contributed by atoms with Gasteiger partial charge >= 0.3 is 186 Å². The number of rotatable bonds is 26. The van der Waals surface area contributed by atoms with E-state index in [1.165, 1.54) is 141 Å². The van der Waals surface area contributed by atoms with Crippen LogP contribution in [0.2, 0.25) is 6.95 Å². The summed E-state index contributed by atoms with van der Waals surface area (Å²) in [5.41, 5.74) is 0. The van der Waals surface area contributed by atoms with Gasteiger partial charge in [-0.05, 0) is 0 Å². The van der Waals surface area contributed by atoms with E-state index in [-0.39, 0.29) is 0 Å². The van der Waals surface area contributed by atoms with Crippen LogP contribution >= 0.6 is 0 Å². The summed E-state index contributed by atoms with van der Waals surface area (Å²) in [7, 11) is 0. The fourth-order valence-electron chi connectivity index (χ4n) is 5.24. The molecule has 0 aromatic heterocycles. The van der Waals surface area contributed by atoms with Crippen molar-refractivity contribution in [2.24, 2.45) is 0 Å². The predicted octanol–water partition coefficient (Wildman–Crippen LogP) is 12.1. The number of unbranched alkanes of at least 4 members (excludes halogenated alkanes) is 20. The second kappa shape index (κ2) is 27.2. The van der Waals surface area contributed by atoms with Gasteiger partial charge < -0.3 is 0 Å². The van der Waals surface area contributed by atoms with Crippen LogP contribution in [0.3, 0.4) is 0 Å². The summed E-state index contributed by atoms with van der Waals surface area (Å²) in [5.74, 6) is 0. The molecule has 0 saturated carbocycles. The Bertz CT molecular complexity index is 284. The van der Waals surface area contributed by atoms with Gasteiger partial charge in [-0.15, -0.1) is 0 Å². The molecule has 0 radical (unpaired) electrons. The van der Waals surface area contributed by atoms with Gasteiger partial charge in [0, 0.05) is 0 Å². The van der Waals surface area contributed by atoms with E-state index < -0.39 is 24.2 Å². The minimum atomic E-state index is -0.534. The maximum atomic E-state index is 2.60. The van der Waals surface area contributed by atoms with Gasteiger partial charge in [0.1, 0.15) is 0 Å². The molecular formula is C30H62Cd. The van der Waals surface area contributed by atoms with Gasteiger partial charge in [-0.1, -0.05) is 26.7 Å². The second-order valence-corrected chi connectivity index (χ2v) is 20.4. The zero-order valence-electron chi connectivity index (χ0n) is 22.8. The Morgan fingerprint density at radius 2 is 0.581 bits per heavy atom. The van der Waals surface area contributed by atoms with E-state index in [0.29, 0.717) is 0 Å². The summed E-state index contributed by atoms with van der Waals surface area (Å²) < 4.78 is 2.31. The molecular weight excluding hydrogens is 473 g/mol. The van der Waals surface area contributed by atoms with E-state index in [4.69, 9.17) is 0 Å². The fraction of sp³-hybridized carbons (Fsp3) is 1.00. The molecule has 0 nitrogen and oxygen atoms in total. The van der Waals surface area contributed by atoms with Crippen molar-refractivity contribution in [2.75, 3.05) is 0 Å². The molecule has 0 bridgehead atoms. The van der Waals surface area contributed by atoms with Crippen LogP contribution in [0.1, 0.15) is 182 Å². The normalized spacial score (nSPS) is 13.3. The van der Waals surface area contributed by atoms with Gasteiger partial charge in [-0.2, -0.15) is 0 Å². The number of hydrogen-bond donors (Lipinski definition) is 0. The van der Waals surface area contributed by atoms with E-state index in [1.807, 2.05) is 0 Å². The van der Waals surface area contributed by atoms with Gasteiger partial charge in [-0.25, -0.2) is 0 Å². The van der Waals surface area contributed by atoms with Crippen LogP contribution in [0.25, 0.3) is 0 Å². The van der Waals surface area contributed by atoms with Gasteiger partial charge in [0.05, 0.1) is 0 Å². The van der Waals surface area contributed by atoms with Crippen molar-refractivity contribution in [2.45, 2.75) is 189 Å². The standard InChI is InChI=1S/2C15H31.Cd/c2*1-3-5-7-9-11-13-15-14-12-10-8-6-4-2;/h2*3H,4-15H2,1-2H3;. The minimum Gasteiger partial charge on any atom is -0.0654 e. The van der Waals surface area contributed by atoms with Crippen molar-refractivity contribution in [3.63, 3.8) is 0 Å². The molecule has 0 heterocycles. The summed E-state index contributed by atoms with van der Waals surface area (Å²) in [4.78, 5) is 0. The first-order valence-electron chi connectivity index (χ1n) is 15.2. The molecule has 2 atom stereocenters. The SMILES string of the molecule is CCCCCCCCCCCCC[CH](C)[Cd][CH](C)CCCCCCCCCCCCC. The molecule has 0 N–H and O–H groups in total. The molecule has 184 valence electrons. The Morgan fingerprint density at radius 3 is 0.839 bits per heavy atom. The van der Waals surface area contributed by atoms with E-state index in [2.05, 4.69) is 27.7 Å². The maximum absolute atomic E-state index is 2.60. The molecule has 0 spiro atoms. The summed E-state index contributed by atoms with van der Waals surface area (Å²) in [5, 5.41) is 0. The van der Waals surface area contributed by atoms with Crippen molar-refractivity contribution in [3.05, 3.63) is 0 Å². The van der Waals surface area contributed by atoms with Crippen LogP contribution < -0.4 is 0 Å². The third-order valence-corrected chi connectivity index (χ3v) is 14.3. The minimum absolute atomic E-state index is 0.534. The van der Waals surface area contributed by atoms with Crippen molar-refractivity contribution >= 4 is 0 Å². The molecule has 0 amide bonds. The monoisotopic (exact) mass is 536 g/mol. The molecule has 31 heavy (non-hydrogen) atoms. The Labute approximate surface area is 212 Å². The first-order chi connectivity index (χ1) is 15.2. The van der Waals surface area contributed by atoms with Crippen molar-refractivity contribution in [1.29, 1.82) is 0 Å². The molecule has 0 aliphatic rings. The van der Waals surface area contributed by atoms with Crippen LogP contribution in [-0.4, -0.2) is 0 Å².